The molecule has 2 heterocycles. The number of fused-ring (bicyclic) bond motifs is 1. The summed E-state index contributed by atoms with van der Waals surface area (Å²) in [5.74, 6) is 0.285. The van der Waals surface area contributed by atoms with Gasteiger partial charge in [0.05, 0.1) is 11.2 Å². The van der Waals surface area contributed by atoms with Gasteiger partial charge in [-0.1, -0.05) is 0 Å². The Balaban J connectivity index is 1.71. The highest BCUT2D eigenvalue weighted by atomic mass is 32.2. The summed E-state index contributed by atoms with van der Waals surface area (Å²) in [6.45, 7) is 3.59. The topological polar surface area (TPSA) is 133 Å². The van der Waals surface area contributed by atoms with Crippen molar-refractivity contribution in [2.45, 2.75) is 24.8 Å². The number of nitrogens with one attached hydrogen (secondary N) is 3. The second-order valence-corrected chi connectivity index (χ2v) is 8.04. The number of H-pyrrole nitrogens is 1. The van der Waals surface area contributed by atoms with E-state index in [1.54, 1.807) is 13.8 Å². The highest BCUT2D eigenvalue weighted by molar-refractivity contribution is 7.89. The average Bonchev–Trinajstić information content (AvgIpc) is 3.11. The van der Waals surface area contributed by atoms with Gasteiger partial charge in [0.15, 0.2) is 11.5 Å². The molecule has 0 aliphatic heterocycles. The first kappa shape index (κ1) is 18.7. The molecule has 10 nitrogen and oxygen atoms in total. The molecule has 27 heavy (non-hydrogen) atoms. The largest absolute Gasteiger partial charge is 0.340 e. The van der Waals surface area contributed by atoms with E-state index in [4.69, 9.17) is 0 Å². The Bertz CT molecular complexity index is 1060. The Kier molecular flexibility index (Phi) is 5.06. The average molecular weight is 389 g/mol. The SMILES string of the molecule is CC(C)N(C)S(=O)(=O)c1ccc(NC(=O)Nc2ncnc3nc[nH]c23)cc1. The van der Waals surface area contributed by atoms with Crippen LogP contribution in [-0.4, -0.2) is 51.8 Å². The molecule has 0 aliphatic rings. The third-order valence-electron chi connectivity index (χ3n) is 3.97. The number of carbonyl (C=O) groups is 1. The van der Waals surface area contributed by atoms with Crippen molar-refractivity contribution < 1.29 is 13.2 Å². The second kappa shape index (κ2) is 7.29. The molecule has 0 unspecified atom stereocenters. The molecular formula is C16H19N7O3S. The predicted molar refractivity (Wildman–Crippen MR) is 101 cm³/mol. The van der Waals surface area contributed by atoms with Crippen LogP contribution in [0.5, 0.6) is 0 Å². The molecule has 0 atom stereocenters. The maximum absolute atomic E-state index is 12.4. The lowest BCUT2D eigenvalue weighted by molar-refractivity contribution is 0.262. The smallest absolute Gasteiger partial charge is 0.324 e. The number of aromatic nitrogens is 4. The first-order chi connectivity index (χ1) is 12.8. The van der Waals surface area contributed by atoms with Gasteiger partial charge in [-0.25, -0.2) is 28.2 Å². The lowest BCUT2D eigenvalue weighted by Crippen LogP contribution is -2.33. The van der Waals surface area contributed by atoms with Gasteiger partial charge in [0.1, 0.15) is 11.8 Å². The zero-order chi connectivity index (χ0) is 19.6. The lowest BCUT2D eigenvalue weighted by Gasteiger charge is -2.21. The Morgan fingerprint density at radius 3 is 2.48 bits per heavy atom. The quantitative estimate of drug-likeness (QED) is 0.611. The molecule has 1 aromatic carbocycles. The van der Waals surface area contributed by atoms with Crippen LogP contribution in [0.15, 0.2) is 41.8 Å². The Hall–Kier alpha value is -3.05. The van der Waals surface area contributed by atoms with Gasteiger partial charge in [0.2, 0.25) is 10.0 Å². The van der Waals surface area contributed by atoms with Crippen LogP contribution in [-0.2, 0) is 10.0 Å². The monoisotopic (exact) mass is 389 g/mol. The van der Waals surface area contributed by atoms with Gasteiger partial charge in [-0.15, -0.1) is 0 Å². The summed E-state index contributed by atoms with van der Waals surface area (Å²) < 4.78 is 26.2. The standard InChI is InChI=1S/C16H19N7O3S/c1-10(2)23(3)27(25,26)12-6-4-11(5-7-12)21-16(24)22-15-13-14(18-8-17-13)19-9-20-15/h4-10H,1-3H3,(H3,17,18,19,20,21,22,24). The van der Waals surface area contributed by atoms with Gasteiger partial charge in [-0.2, -0.15) is 4.31 Å². The normalized spacial score (nSPS) is 11.9. The van der Waals surface area contributed by atoms with E-state index in [2.05, 4.69) is 30.6 Å². The van der Waals surface area contributed by atoms with E-state index in [0.29, 0.717) is 16.9 Å². The van der Waals surface area contributed by atoms with Crippen molar-refractivity contribution in [3.63, 3.8) is 0 Å². The number of benzene rings is 1. The van der Waals surface area contributed by atoms with Gasteiger partial charge < -0.3 is 10.3 Å². The van der Waals surface area contributed by atoms with Crippen molar-refractivity contribution in [3.8, 4) is 0 Å². The molecule has 0 saturated carbocycles. The summed E-state index contributed by atoms with van der Waals surface area (Å²) in [7, 11) is -2.05. The number of carbonyl (C=O) groups excluding carboxylic acids is 1. The third kappa shape index (κ3) is 3.88. The Labute approximate surface area is 156 Å². The van der Waals surface area contributed by atoms with Crippen LogP contribution in [0.1, 0.15) is 13.8 Å². The van der Waals surface area contributed by atoms with Gasteiger partial charge >= 0.3 is 6.03 Å². The summed E-state index contributed by atoms with van der Waals surface area (Å²) in [5, 5.41) is 5.22. The van der Waals surface area contributed by atoms with Crippen LogP contribution in [0.25, 0.3) is 11.2 Å². The lowest BCUT2D eigenvalue weighted by atomic mass is 10.3. The van der Waals surface area contributed by atoms with Gasteiger partial charge in [0, 0.05) is 18.8 Å². The number of hydrogen-bond acceptors (Lipinski definition) is 6. The molecule has 3 N–H and O–H groups in total. The number of sulfonamides is 1. The number of anilines is 2. The number of amides is 2. The molecule has 0 aliphatic carbocycles. The minimum Gasteiger partial charge on any atom is -0.340 e. The van der Waals surface area contributed by atoms with Crippen LogP contribution >= 0.6 is 0 Å². The minimum absolute atomic E-state index is 0.152. The molecule has 2 aromatic heterocycles. The number of hydrogen-bond donors (Lipinski definition) is 3. The molecule has 0 fully saturated rings. The number of urea groups is 1. The van der Waals surface area contributed by atoms with Crippen LogP contribution in [0.2, 0.25) is 0 Å². The van der Waals surface area contributed by atoms with Crippen LogP contribution in [0.4, 0.5) is 16.3 Å². The zero-order valence-electron chi connectivity index (χ0n) is 15.0. The van der Waals surface area contributed by atoms with Crippen LogP contribution < -0.4 is 10.6 Å². The zero-order valence-corrected chi connectivity index (χ0v) is 15.8. The highest BCUT2D eigenvalue weighted by Gasteiger charge is 2.22. The molecule has 0 bridgehead atoms. The fraction of sp³-hybridized carbons (Fsp3) is 0.250. The van der Waals surface area contributed by atoms with E-state index in [0.717, 1.165) is 0 Å². The third-order valence-corrected chi connectivity index (χ3v) is 6.02. The number of imidazole rings is 1. The molecular weight excluding hydrogens is 370 g/mol. The molecule has 0 spiro atoms. The Morgan fingerprint density at radius 2 is 1.81 bits per heavy atom. The van der Waals surface area contributed by atoms with Crippen LogP contribution in [0.3, 0.4) is 0 Å². The molecule has 0 saturated heterocycles. The molecule has 3 rings (SSSR count). The van der Waals surface area contributed by atoms with Crippen molar-refractivity contribution in [3.05, 3.63) is 36.9 Å². The van der Waals surface area contributed by atoms with Crippen molar-refractivity contribution in [2.75, 3.05) is 17.7 Å². The maximum Gasteiger partial charge on any atom is 0.324 e. The second-order valence-electron chi connectivity index (χ2n) is 6.04. The summed E-state index contributed by atoms with van der Waals surface area (Å²) >= 11 is 0. The predicted octanol–water partition coefficient (Wildman–Crippen LogP) is 2.03. The van der Waals surface area contributed by atoms with E-state index in [1.165, 1.54) is 48.3 Å². The fourth-order valence-corrected chi connectivity index (χ4v) is 3.65. The van der Waals surface area contributed by atoms with Crippen molar-refractivity contribution in [1.29, 1.82) is 0 Å². The number of rotatable bonds is 5. The summed E-state index contributed by atoms with van der Waals surface area (Å²) in [5.41, 5.74) is 1.38. The Morgan fingerprint density at radius 1 is 1.11 bits per heavy atom. The van der Waals surface area contributed by atoms with Crippen molar-refractivity contribution in [2.24, 2.45) is 0 Å². The number of aromatic amines is 1. The molecule has 142 valence electrons. The first-order valence-corrected chi connectivity index (χ1v) is 9.53. The van der Waals surface area contributed by atoms with E-state index < -0.39 is 16.1 Å². The van der Waals surface area contributed by atoms with Gasteiger partial charge in [-0.3, -0.25) is 5.32 Å². The summed E-state index contributed by atoms with van der Waals surface area (Å²) in [6, 6.07) is 5.24. The molecule has 2 amide bonds. The van der Waals surface area contributed by atoms with Crippen molar-refractivity contribution in [1.82, 2.24) is 24.2 Å². The van der Waals surface area contributed by atoms with Gasteiger partial charge in [0.25, 0.3) is 0 Å². The van der Waals surface area contributed by atoms with E-state index in [1.807, 2.05) is 0 Å². The van der Waals surface area contributed by atoms with Gasteiger partial charge in [-0.05, 0) is 38.1 Å². The van der Waals surface area contributed by atoms with E-state index in [9.17, 15) is 13.2 Å². The number of nitrogens with zero attached hydrogens (tertiary/aromatic N) is 4. The maximum atomic E-state index is 12.4. The molecule has 3 aromatic rings. The first-order valence-electron chi connectivity index (χ1n) is 8.09. The highest BCUT2D eigenvalue weighted by Crippen LogP contribution is 2.19. The molecule has 0 radical (unpaired) electrons. The van der Waals surface area contributed by atoms with Crippen LogP contribution in [0, 0.1) is 0 Å². The van der Waals surface area contributed by atoms with E-state index in [-0.39, 0.29) is 16.8 Å². The fourth-order valence-electron chi connectivity index (χ4n) is 2.28. The minimum atomic E-state index is -3.57. The van der Waals surface area contributed by atoms with Crippen molar-refractivity contribution >= 4 is 38.7 Å². The summed E-state index contributed by atoms with van der Waals surface area (Å²) in [4.78, 5) is 27.1. The molecule has 11 heteroatoms. The van der Waals surface area contributed by atoms with E-state index >= 15 is 0 Å². The summed E-state index contributed by atoms with van der Waals surface area (Å²) in [6.07, 6.45) is 2.75.